The summed E-state index contributed by atoms with van der Waals surface area (Å²) in [5.74, 6) is -1.18. The number of ether oxygens (including phenoxy) is 1. The molecule has 10 heteroatoms. The van der Waals surface area contributed by atoms with Crippen molar-refractivity contribution < 1.29 is 23.7 Å². The number of methoxy groups -OCH3 is 1. The lowest BCUT2D eigenvalue weighted by atomic mass is 10.0. The molecule has 0 aliphatic carbocycles. The zero-order chi connectivity index (χ0) is 24.8. The maximum absolute atomic E-state index is 12.8. The van der Waals surface area contributed by atoms with Crippen LogP contribution < -0.4 is 5.32 Å². The fourth-order valence-electron chi connectivity index (χ4n) is 2.91. The van der Waals surface area contributed by atoms with E-state index in [1.807, 2.05) is 13.1 Å². The topological polar surface area (TPSA) is 121 Å². The molecule has 0 aliphatic rings. The number of carbonyl (C=O) groups is 2. The number of amides is 1. The van der Waals surface area contributed by atoms with Gasteiger partial charge in [-0.2, -0.15) is 0 Å². The highest BCUT2D eigenvalue weighted by Crippen LogP contribution is 2.38. The molecule has 1 heterocycles. The second kappa shape index (κ2) is 10.7. The maximum Gasteiger partial charge on any atom is 0.331 e. The van der Waals surface area contributed by atoms with Crippen molar-refractivity contribution in [1.82, 2.24) is 10.3 Å². The van der Waals surface area contributed by atoms with Crippen LogP contribution in [0.5, 0.6) is 0 Å². The monoisotopic (exact) mass is 473 g/mol. The molecule has 2 aromatic rings. The minimum absolute atomic E-state index is 0.0337. The fourth-order valence-corrected chi connectivity index (χ4v) is 4.24. The van der Waals surface area contributed by atoms with Gasteiger partial charge in [0.05, 0.1) is 18.1 Å². The van der Waals surface area contributed by atoms with Crippen LogP contribution in [0.3, 0.4) is 0 Å². The van der Waals surface area contributed by atoms with Gasteiger partial charge in [0, 0.05) is 18.3 Å². The van der Waals surface area contributed by atoms with E-state index in [9.17, 15) is 19.7 Å². The normalized spacial score (nSPS) is 13.6. The molecule has 2 rings (SSSR count). The second-order valence-electron chi connectivity index (χ2n) is 9.23. The van der Waals surface area contributed by atoms with E-state index >= 15 is 0 Å². The summed E-state index contributed by atoms with van der Waals surface area (Å²) in [5, 5.41) is 13.6. The summed E-state index contributed by atoms with van der Waals surface area (Å²) >= 11 is 0. The summed E-state index contributed by atoms with van der Waals surface area (Å²) in [7, 11) is -1.14. The fraction of sp³-hybridized carbons (Fsp3) is 0.435. The number of nitrogens with one attached hydrogen (secondary N) is 1. The van der Waals surface area contributed by atoms with E-state index in [2.05, 4.69) is 31.1 Å². The molecule has 1 N–H and O–H groups in total. The molecule has 0 spiro atoms. The van der Waals surface area contributed by atoms with Crippen LogP contribution >= 0.6 is 0 Å². The summed E-state index contributed by atoms with van der Waals surface area (Å²) in [5.41, 5.74) is 0.853. The smallest absolute Gasteiger partial charge is 0.331 e. The van der Waals surface area contributed by atoms with Crippen molar-refractivity contribution in [3.05, 3.63) is 70.0 Å². The number of benzene rings is 1. The molecule has 1 amide bonds. The molecule has 0 saturated carbocycles. The Hall–Kier alpha value is -3.11. The summed E-state index contributed by atoms with van der Waals surface area (Å²) in [6.45, 7) is 10.3. The molecule has 9 nitrogen and oxygen atoms in total. The number of rotatable bonds is 9. The lowest BCUT2D eigenvalue weighted by Crippen LogP contribution is -2.56. The van der Waals surface area contributed by atoms with Crippen LogP contribution in [0.2, 0.25) is 18.1 Å². The summed E-state index contributed by atoms with van der Waals surface area (Å²) in [6, 6.07) is 9.85. The zero-order valence-corrected chi connectivity index (χ0v) is 20.8. The lowest BCUT2D eigenvalue weighted by Gasteiger charge is -2.41. The van der Waals surface area contributed by atoms with Gasteiger partial charge in [0.1, 0.15) is 5.69 Å². The van der Waals surface area contributed by atoms with Crippen molar-refractivity contribution in [2.24, 2.45) is 0 Å². The molecule has 0 radical (unpaired) electrons. The van der Waals surface area contributed by atoms with E-state index in [0.717, 1.165) is 5.56 Å². The van der Waals surface area contributed by atoms with Crippen LogP contribution in [0.25, 0.3) is 0 Å². The van der Waals surface area contributed by atoms with Gasteiger partial charge in [-0.05, 0) is 42.2 Å². The average Bonchev–Trinajstić information content (AvgIpc) is 2.76. The quantitative estimate of drug-likeness (QED) is 0.254. The first kappa shape index (κ1) is 26.1. The molecule has 33 heavy (non-hydrogen) atoms. The standard InChI is InChI=1S/C23H31N3O6Si/c1-23(2,3)33(5,6)32-19(15-16-10-12-17(13-11-16)26(29)30)20(22(28)31-4)25-21(27)18-9-7-8-14-24-18/h7-14,19-20H,15H2,1-6H3,(H,25,27)/t19-,20+/m1/s1. The van der Waals surface area contributed by atoms with Gasteiger partial charge in [-0.1, -0.05) is 39.0 Å². The van der Waals surface area contributed by atoms with Gasteiger partial charge >= 0.3 is 5.97 Å². The number of nitro benzene ring substituents is 1. The third kappa shape index (κ3) is 6.93. The first-order valence-electron chi connectivity index (χ1n) is 10.6. The van der Waals surface area contributed by atoms with E-state index < -0.39 is 37.3 Å². The van der Waals surface area contributed by atoms with Crippen LogP contribution in [0.15, 0.2) is 48.7 Å². The lowest BCUT2D eigenvalue weighted by molar-refractivity contribution is -0.384. The Balaban J connectivity index is 2.42. The van der Waals surface area contributed by atoms with Crippen molar-refractivity contribution in [2.75, 3.05) is 7.11 Å². The second-order valence-corrected chi connectivity index (χ2v) is 14.0. The van der Waals surface area contributed by atoms with E-state index in [1.165, 1.54) is 25.4 Å². The predicted octanol–water partition coefficient (Wildman–Crippen LogP) is 3.89. The number of pyridine rings is 1. The summed E-state index contributed by atoms with van der Waals surface area (Å²) in [4.78, 5) is 40.2. The van der Waals surface area contributed by atoms with E-state index in [0.29, 0.717) is 0 Å². The number of hydrogen-bond donors (Lipinski definition) is 1. The number of hydrogen-bond acceptors (Lipinski definition) is 7. The van der Waals surface area contributed by atoms with Gasteiger partial charge in [0.15, 0.2) is 14.4 Å². The maximum atomic E-state index is 12.8. The molecular formula is C23H31N3O6Si. The summed E-state index contributed by atoms with van der Waals surface area (Å²) in [6.07, 6.45) is 0.974. The molecule has 178 valence electrons. The Kier molecular flexibility index (Phi) is 8.45. The SMILES string of the molecule is COC(=O)[C@@H](NC(=O)c1ccccn1)[C@@H](Cc1ccc([N+](=O)[O-])cc1)O[Si](C)(C)C(C)(C)C. The number of nitrogens with zero attached hydrogens (tertiary/aromatic N) is 2. The minimum atomic E-state index is -2.39. The highest BCUT2D eigenvalue weighted by atomic mass is 28.4. The van der Waals surface area contributed by atoms with Crippen LogP contribution in [0.1, 0.15) is 36.8 Å². The Morgan fingerprint density at radius 2 is 1.79 bits per heavy atom. The molecule has 0 saturated heterocycles. The average molecular weight is 474 g/mol. The van der Waals surface area contributed by atoms with Gasteiger partial charge in [-0.25, -0.2) is 4.79 Å². The number of aromatic nitrogens is 1. The van der Waals surface area contributed by atoms with Gasteiger partial charge in [-0.3, -0.25) is 19.9 Å². The zero-order valence-electron chi connectivity index (χ0n) is 19.8. The molecule has 0 bridgehead atoms. The van der Waals surface area contributed by atoms with Crippen LogP contribution in [0, 0.1) is 10.1 Å². The molecule has 0 aliphatic heterocycles. The van der Waals surface area contributed by atoms with Crippen LogP contribution in [-0.2, 0) is 20.4 Å². The Labute approximate surface area is 194 Å². The van der Waals surface area contributed by atoms with Gasteiger partial charge in [0.2, 0.25) is 0 Å². The van der Waals surface area contributed by atoms with Crippen molar-refractivity contribution in [2.45, 2.75) is 57.5 Å². The largest absolute Gasteiger partial charge is 0.467 e. The molecule has 2 atom stereocenters. The van der Waals surface area contributed by atoms with Crippen molar-refractivity contribution in [3.63, 3.8) is 0 Å². The van der Waals surface area contributed by atoms with Crippen LogP contribution in [-0.4, -0.2) is 49.4 Å². The molecule has 1 aromatic carbocycles. The van der Waals surface area contributed by atoms with E-state index in [4.69, 9.17) is 9.16 Å². The van der Waals surface area contributed by atoms with Gasteiger partial charge in [-0.15, -0.1) is 0 Å². The molecule has 1 aromatic heterocycles. The minimum Gasteiger partial charge on any atom is -0.467 e. The van der Waals surface area contributed by atoms with Crippen molar-refractivity contribution in [3.8, 4) is 0 Å². The third-order valence-electron chi connectivity index (χ3n) is 5.85. The Morgan fingerprint density at radius 1 is 1.15 bits per heavy atom. The molecular weight excluding hydrogens is 442 g/mol. The highest BCUT2D eigenvalue weighted by molar-refractivity contribution is 6.74. The van der Waals surface area contributed by atoms with E-state index in [1.54, 1.807) is 30.3 Å². The number of esters is 1. The first-order chi connectivity index (χ1) is 15.4. The Morgan fingerprint density at radius 3 is 2.27 bits per heavy atom. The molecule has 0 unspecified atom stereocenters. The molecule has 0 fully saturated rings. The van der Waals surface area contributed by atoms with Crippen molar-refractivity contribution >= 4 is 25.9 Å². The van der Waals surface area contributed by atoms with Crippen LogP contribution in [0.4, 0.5) is 5.69 Å². The number of non-ortho nitro benzene ring substituents is 1. The van der Waals surface area contributed by atoms with Gasteiger partial charge < -0.3 is 14.5 Å². The Bertz CT molecular complexity index is 974. The number of nitro groups is 1. The van der Waals surface area contributed by atoms with Gasteiger partial charge in [0.25, 0.3) is 11.6 Å². The predicted molar refractivity (Wildman–Crippen MR) is 126 cm³/mol. The summed E-state index contributed by atoms with van der Waals surface area (Å²) < 4.78 is 11.6. The first-order valence-corrected chi connectivity index (χ1v) is 13.5. The van der Waals surface area contributed by atoms with E-state index in [-0.39, 0.29) is 22.8 Å². The third-order valence-corrected chi connectivity index (χ3v) is 10.4. The van der Waals surface area contributed by atoms with Crippen molar-refractivity contribution in [1.29, 1.82) is 0 Å². The highest BCUT2D eigenvalue weighted by Gasteiger charge is 2.43. The number of carbonyl (C=O) groups excluding carboxylic acids is 2.